The van der Waals surface area contributed by atoms with Gasteiger partial charge in [-0.05, 0) is 0 Å². The van der Waals surface area contributed by atoms with E-state index in [1.807, 2.05) is 0 Å². The molecule has 0 unspecified atom stereocenters. The fourth-order valence-corrected chi connectivity index (χ4v) is 3.10. The molecule has 0 bridgehead atoms. The molecule has 0 aromatic carbocycles. The van der Waals surface area contributed by atoms with Crippen molar-refractivity contribution in [1.82, 2.24) is 0 Å². The SMILES string of the molecule is [CH]1C=C2C=CC=C2[Te]1. The summed E-state index contributed by atoms with van der Waals surface area (Å²) < 4.78 is 3.94. The Labute approximate surface area is 59.1 Å². The Morgan fingerprint density at radius 1 is 1.25 bits per heavy atom. The maximum absolute atomic E-state index is 2.33. The summed E-state index contributed by atoms with van der Waals surface area (Å²) >= 11 is 0.123. The molecule has 1 heterocycles. The van der Waals surface area contributed by atoms with Gasteiger partial charge in [-0.15, -0.1) is 0 Å². The van der Waals surface area contributed by atoms with Crippen LogP contribution in [0.1, 0.15) is 0 Å². The molecular weight excluding hydrogens is 212 g/mol. The van der Waals surface area contributed by atoms with Gasteiger partial charge in [0.1, 0.15) is 0 Å². The Morgan fingerprint density at radius 2 is 2.25 bits per heavy atom. The van der Waals surface area contributed by atoms with Crippen molar-refractivity contribution in [1.29, 1.82) is 0 Å². The zero-order chi connectivity index (χ0) is 5.40. The molecule has 2 rings (SSSR count). The van der Waals surface area contributed by atoms with E-state index in [1.54, 1.807) is 3.62 Å². The molecule has 0 atom stereocenters. The van der Waals surface area contributed by atoms with Gasteiger partial charge in [-0.1, -0.05) is 0 Å². The van der Waals surface area contributed by atoms with Gasteiger partial charge in [0.15, 0.2) is 0 Å². The first-order valence-electron chi connectivity index (χ1n) is 2.56. The van der Waals surface area contributed by atoms with Gasteiger partial charge in [0, 0.05) is 0 Å². The zero-order valence-electron chi connectivity index (χ0n) is 4.29. The number of allylic oxidation sites excluding steroid dienone is 6. The predicted octanol–water partition coefficient (Wildman–Crippen LogP) is 1.25. The summed E-state index contributed by atoms with van der Waals surface area (Å²) in [6.07, 6.45) is 8.79. The summed E-state index contributed by atoms with van der Waals surface area (Å²) in [4.78, 5) is 0. The topological polar surface area (TPSA) is 0 Å². The maximum atomic E-state index is 2.33. The van der Waals surface area contributed by atoms with Crippen LogP contribution >= 0.6 is 0 Å². The average Bonchev–Trinajstić information content (AvgIpc) is 2.15. The minimum absolute atomic E-state index is 0.123. The van der Waals surface area contributed by atoms with Gasteiger partial charge in [-0.2, -0.15) is 0 Å². The molecule has 1 aliphatic carbocycles. The van der Waals surface area contributed by atoms with Crippen molar-refractivity contribution in [3.63, 3.8) is 0 Å². The second kappa shape index (κ2) is 1.76. The number of fused-ring (bicyclic) bond motifs is 1. The fraction of sp³-hybridized carbons (Fsp3) is 0. The molecule has 0 fully saturated rings. The van der Waals surface area contributed by atoms with Crippen LogP contribution in [0.3, 0.4) is 0 Å². The van der Waals surface area contributed by atoms with Crippen LogP contribution in [0.15, 0.2) is 33.5 Å². The van der Waals surface area contributed by atoms with Crippen LogP contribution < -0.4 is 0 Å². The quantitative estimate of drug-likeness (QED) is 0.535. The normalized spacial score (nSPS) is 23.0. The van der Waals surface area contributed by atoms with Crippen molar-refractivity contribution in [3.05, 3.63) is 38.0 Å². The molecule has 2 aliphatic rings. The molecule has 8 heavy (non-hydrogen) atoms. The Bertz CT molecular complexity index is 196. The summed E-state index contributed by atoms with van der Waals surface area (Å²) in [6, 6.07) is 0. The summed E-state index contributed by atoms with van der Waals surface area (Å²) in [6.45, 7) is 0. The van der Waals surface area contributed by atoms with Crippen LogP contribution in [-0.4, -0.2) is 20.9 Å². The number of rotatable bonds is 0. The van der Waals surface area contributed by atoms with Crippen molar-refractivity contribution < 1.29 is 0 Å². The molecule has 1 radical (unpaired) electrons. The molecule has 0 nitrogen and oxygen atoms in total. The molecule has 0 aromatic rings. The fourth-order valence-electron chi connectivity index (χ4n) is 0.843. The Balaban J connectivity index is 2.49. The number of hydrogen-bond donors (Lipinski definition) is 0. The van der Waals surface area contributed by atoms with Gasteiger partial charge < -0.3 is 0 Å². The van der Waals surface area contributed by atoms with Crippen molar-refractivity contribution in [3.8, 4) is 0 Å². The van der Waals surface area contributed by atoms with Crippen LogP contribution in [0.2, 0.25) is 0 Å². The van der Waals surface area contributed by atoms with Crippen LogP contribution in [0, 0.1) is 4.47 Å². The second-order valence-corrected chi connectivity index (χ2v) is 4.47. The Hall–Kier alpha value is 0.00961. The van der Waals surface area contributed by atoms with Gasteiger partial charge in [-0.25, -0.2) is 0 Å². The molecule has 0 saturated carbocycles. The van der Waals surface area contributed by atoms with Crippen LogP contribution in [-0.2, 0) is 0 Å². The molecule has 0 aromatic heterocycles. The van der Waals surface area contributed by atoms with E-state index < -0.39 is 0 Å². The summed E-state index contributed by atoms with van der Waals surface area (Å²) in [5, 5.41) is 0. The van der Waals surface area contributed by atoms with Gasteiger partial charge in [-0.3, -0.25) is 0 Å². The molecule has 39 valence electrons. The van der Waals surface area contributed by atoms with E-state index >= 15 is 0 Å². The third kappa shape index (κ3) is 0.588. The average molecular weight is 217 g/mol. The van der Waals surface area contributed by atoms with Crippen LogP contribution in [0.5, 0.6) is 0 Å². The van der Waals surface area contributed by atoms with Crippen LogP contribution in [0.25, 0.3) is 0 Å². The molecule has 1 heteroatoms. The van der Waals surface area contributed by atoms with E-state index in [0.717, 1.165) is 0 Å². The molecular formula is C7H5Te. The first kappa shape index (κ1) is 4.85. The van der Waals surface area contributed by atoms with Gasteiger partial charge in [0.25, 0.3) is 0 Å². The molecule has 0 amide bonds. The van der Waals surface area contributed by atoms with Crippen LogP contribution in [0.4, 0.5) is 0 Å². The van der Waals surface area contributed by atoms with Crippen molar-refractivity contribution in [2.24, 2.45) is 0 Å². The molecule has 1 aliphatic heterocycles. The van der Waals surface area contributed by atoms with Gasteiger partial charge in [0.2, 0.25) is 0 Å². The monoisotopic (exact) mass is 219 g/mol. The standard InChI is InChI=1S/C7H5Te/c1-2-6-4-5-8-7(6)3-1/h1-5H. The number of hydrogen-bond acceptors (Lipinski definition) is 0. The van der Waals surface area contributed by atoms with Crippen molar-refractivity contribution in [2.45, 2.75) is 0 Å². The summed E-state index contributed by atoms with van der Waals surface area (Å²) in [5.41, 5.74) is 1.47. The van der Waals surface area contributed by atoms with E-state index in [-0.39, 0.29) is 20.9 Å². The zero-order valence-corrected chi connectivity index (χ0v) is 6.63. The Morgan fingerprint density at radius 3 is 3.12 bits per heavy atom. The van der Waals surface area contributed by atoms with Crippen molar-refractivity contribution >= 4 is 20.9 Å². The second-order valence-electron chi connectivity index (χ2n) is 1.77. The third-order valence-corrected chi connectivity index (χ3v) is 3.81. The van der Waals surface area contributed by atoms with E-state index in [9.17, 15) is 0 Å². The van der Waals surface area contributed by atoms with Gasteiger partial charge in [0.05, 0.1) is 0 Å². The molecule has 0 spiro atoms. The predicted molar refractivity (Wildman–Crippen MR) is 35.4 cm³/mol. The summed E-state index contributed by atoms with van der Waals surface area (Å²) in [7, 11) is 0. The molecule has 0 N–H and O–H groups in total. The van der Waals surface area contributed by atoms with Gasteiger partial charge >= 0.3 is 58.9 Å². The van der Waals surface area contributed by atoms with Crippen molar-refractivity contribution in [2.75, 3.05) is 0 Å². The van der Waals surface area contributed by atoms with E-state index in [4.69, 9.17) is 0 Å². The minimum atomic E-state index is 0.123. The Kier molecular flexibility index (Phi) is 1.06. The van der Waals surface area contributed by atoms with E-state index in [0.29, 0.717) is 0 Å². The third-order valence-electron chi connectivity index (χ3n) is 1.25. The molecule has 0 saturated heterocycles. The first-order valence-corrected chi connectivity index (χ1v) is 5.07. The summed E-state index contributed by atoms with van der Waals surface area (Å²) in [5.74, 6) is 0. The van der Waals surface area contributed by atoms with E-state index in [1.165, 1.54) is 5.57 Å². The first-order chi connectivity index (χ1) is 3.97. The van der Waals surface area contributed by atoms with E-state index in [2.05, 4.69) is 28.8 Å².